The van der Waals surface area contributed by atoms with Crippen LogP contribution in [0.4, 0.5) is 5.69 Å². The van der Waals surface area contributed by atoms with Crippen LogP contribution in [-0.2, 0) is 0 Å². The van der Waals surface area contributed by atoms with Crippen molar-refractivity contribution < 1.29 is 4.74 Å². The Balaban J connectivity index is 1.82. The molecule has 0 aliphatic carbocycles. The number of hydrogen-bond donors (Lipinski definition) is 1. The Hall–Kier alpha value is -1.40. The largest absolute Gasteiger partial charge is 0.489 e. The monoisotopic (exact) mass is 293 g/mol. The summed E-state index contributed by atoms with van der Waals surface area (Å²) < 4.78 is 5.78. The van der Waals surface area contributed by atoms with Gasteiger partial charge in [0.15, 0.2) is 5.11 Å². The molecule has 4 nitrogen and oxygen atoms in total. The van der Waals surface area contributed by atoms with Gasteiger partial charge in [-0.25, -0.2) is 0 Å². The number of ether oxygens (including phenoxy) is 1. The van der Waals surface area contributed by atoms with Gasteiger partial charge in [0, 0.05) is 19.5 Å². The number of nitrogens with zero attached hydrogens (tertiary/aromatic N) is 2. The number of thiocarbonyl (C=S) groups is 2. The third-order valence-electron chi connectivity index (χ3n) is 3.46. The van der Waals surface area contributed by atoms with Crippen molar-refractivity contribution >= 4 is 40.2 Å². The molecule has 1 aromatic carbocycles. The van der Waals surface area contributed by atoms with Crippen molar-refractivity contribution in [2.45, 2.75) is 12.5 Å². The van der Waals surface area contributed by atoms with E-state index in [1.54, 1.807) is 0 Å². The van der Waals surface area contributed by atoms with Crippen LogP contribution in [0.3, 0.4) is 0 Å². The molecule has 0 bridgehead atoms. The number of anilines is 1. The van der Waals surface area contributed by atoms with E-state index < -0.39 is 0 Å². The molecule has 2 N–H and O–H groups in total. The molecule has 2 aliphatic rings. The van der Waals surface area contributed by atoms with Gasteiger partial charge in [0.1, 0.15) is 12.4 Å². The van der Waals surface area contributed by atoms with Gasteiger partial charge >= 0.3 is 0 Å². The maximum Gasteiger partial charge on any atom is 0.176 e. The highest BCUT2D eigenvalue weighted by Crippen LogP contribution is 2.37. The Labute approximate surface area is 123 Å². The van der Waals surface area contributed by atoms with Gasteiger partial charge in [-0.15, -0.1) is 0 Å². The van der Waals surface area contributed by atoms with Crippen molar-refractivity contribution in [2.24, 2.45) is 5.73 Å². The summed E-state index contributed by atoms with van der Waals surface area (Å²) >= 11 is 10.5. The lowest BCUT2D eigenvalue weighted by Crippen LogP contribution is -2.41. The minimum Gasteiger partial charge on any atom is -0.489 e. The second kappa shape index (κ2) is 4.94. The number of para-hydroxylation sites is 2. The zero-order valence-corrected chi connectivity index (χ0v) is 12.0. The van der Waals surface area contributed by atoms with Crippen LogP contribution in [-0.4, -0.2) is 40.7 Å². The molecule has 0 saturated carbocycles. The molecule has 0 spiro atoms. The predicted octanol–water partition coefficient (Wildman–Crippen LogP) is 1.53. The zero-order chi connectivity index (χ0) is 13.4. The Morgan fingerprint density at radius 3 is 3.00 bits per heavy atom. The number of hydrogen-bond acceptors (Lipinski definition) is 3. The van der Waals surface area contributed by atoms with Crippen molar-refractivity contribution in [3.05, 3.63) is 24.3 Å². The summed E-state index contributed by atoms with van der Waals surface area (Å²) in [5, 5.41) is 0.844. The van der Waals surface area contributed by atoms with E-state index in [1.165, 1.54) is 0 Å². The van der Waals surface area contributed by atoms with E-state index in [2.05, 4.69) is 9.80 Å². The van der Waals surface area contributed by atoms with Crippen molar-refractivity contribution in [1.29, 1.82) is 0 Å². The molecule has 0 amide bonds. The van der Waals surface area contributed by atoms with E-state index in [0.29, 0.717) is 18.0 Å². The van der Waals surface area contributed by atoms with Gasteiger partial charge in [-0.2, -0.15) is 0 Å². The van der Waals surface area contributed by atoms with Crippen LogP contribution in [0.5, 0.6) is 5.75 Å². The van der Waals surface area contributed by atoms with Crippen LogP contribution in [0.25, 0.3) is 0 Å². The van der Waals surface area contributed by atoms with Crippen LogP contribution in [0.1, 0.15) is 6.42 Å². The molecule has 6 heteroatoms. The van der Waals surface area contributed by atoms with E-state index in [1.807, 2.05) is 24.3 Å². The normalized spacial score (nSPS) is 20.8. The SMILES string of the molecule is NC(=S)CCN1CC2COc3ccccc3N2C1=S. The van der Waals surface area contributed by atoms with E-state index in [4.69, 9.17) is 34.9 Å². The fourth-order valence-corrected chi connectivity index (χ4v) is 3.05. The fourth-order valence-electron chi connectivity index (χ4n) is 2.55. The molecular formula is C13H15N3OS2. The average Bonchev–Trinajstić information content (AvgIpc) is 2.73. The first-order chi connectivity index (χ1) is 9.16. The van der Waals surface area contributed by atoms with Gasteiger partial charge < -0.3 is 20.3 Å². The van der Waals surface area contributed by atoms with Gasteiger partial charge in [-0.3, -0.25) is 0 Å². The number of nitrogens with two attached hydrogens (primary N) is 1. The summed E-state index contributed by atoms with van der Waals surface area (Å²) in [5.74, 6) is 0.900. The third kappa shape index (κ3) is 2.26. The fraction of sp³-hybridized carbons (Fsp3) is 0.385. The quantitative estimate of drug-likeness (QED) is 0.853. The summed E-state index contributed by atoms with van der Waals surface area (Å²) in [4.78, 5) is 4.88. The molecule has 2 aliphatic heterocycles. The van der Waals surface area contributed by atoms with Crippen molar-refractivity contribution in [3.63, 3.8) is 0 Å². The number of fused-ring (bicyclic) bond motifs is 3. The lowest BCUT2D eigenvalue weighted by atomic mass is 10.2. The molecule has 0 aromatic heterocycles. The van der Waals surface area contributed by atoms with Crippen LogP contribution in [0, 0.1) is 0 Å². The topological polar surface area (TPSA) is 41.7 Å². The molecule has 1 fully saturated rings. The standard InChI is InChI=1S/C13H15N3OS2/c14-12(18)5-6-15-7-9-8-17-11-4-2-1-3-10(11)16(9)13(15)19/h1-4,9H,5-8H2,(H2,14,18). The summed E-state index contributed by atoms with van der Waals surface area (Å²) in [6.45, 7) is 2.32. The molecule has 3 rings (SSSR count). The first-order valence-electron chi connectivity index (χ1n) is 6.25. The minimum absolute atomic E-state index is 0.286. The predicted molar refractivity (Wildman–Crippen MR) is 83.8 cm³/mol. The summed E-state index contributed by atoms with van der Waals surface area (Å²) in [6.07, 6.45) is 0.693. The van der Waals surface area contributed by atoms with Crippen molar-refractivity contribution in [1.82, 2.24) is 4.90 Å². The molecule has 0 radical (unpaired) electrons. The highest BCUT2D eigenvalue weighted by molar-refractivity contribution is 7.80. The van der Waals surface area contributed by atoms with E-state index in [-0.39, 0.29) is 6.04 Å². The maximum absolute atomic E-state index is 5.78. The third-order valence-corrected chi connectivity index (χ3v) is 4.12. The molecular weight excluding hydrogens is 278 g/mol. The lowest BCUT2D eigenvalue weighted by molar-refractivity contribution is 0.268. The Kier molecular flexibility index (Phi) is 3.28. The zero-order valence-electron chi connectivity index (χ0n) is 10.4. The summed E-state index contributed by atoms with van der Waals surface area (Å²) in [6, 6.07) is 8.29. The van der Waals surface area contributed by atoms with Crippen molar-refractivity contribution in [3.8, 4) is 5.75 Å². The van der Waals surface area contributed by atoms with Gasteiger partial charge in [-0.05, 0) is 24.4 Å². The molecule has 1 aromatic rings. The van der Waals surface area contributed by atoms with E-state index in [0.717, 1.165) is 29.6 Å². The van der Waals surface area contributed by atoms with Crippen molar-refractivity contribution in [2.75, 3.05) is 24.6 Å². The second-order valence-corrected chi connectivity index (χ2v) is 5.64. The highest BCUT2D eigenvalue weighted by Gasteiger charge is 2.39. The van der Waals surface area contributed by atoms with Gasteiger partial charge in [0.2, 0.25) is 0 Å². The number of benzene rings is 1. The smallest absolute Gasteiger partial charge is 0.176 e. The van der Waals surface area contributed by atoms with Crippen LogP contribution < -0.4 is 15.4 Å². The van der Waals surface area contributed by atoms with E-state index in [9.17, 15) is 0 Å². The van der Waals surface area contributed by atoms with Crippen LogP contribution in [0.15, 0.2) is 24.3 Å². The highest BCUT2D eigenvalue weighted by atomic mass is 32.1. The molecule has 1 unspecified atom stereocenters. The van der Waals surface area contributed by atoms with Crippen LogP contribution in [0.2, 0.25) is 0 Å². The maximum atomic E-state index is 5.78. The Bertz CT molecular complexity index is 534. The van der Waals surface area contributed by atoms with Gasteiger partial charge in [-0.1, -0.05) is 24.4 Å². The molecule has 1 saturated heterocycles. The first-order valence-corrected chi connectivity index (χ1v) is 7.07. The number of rotatable bonds is 3. The average molecular weight is 293 g/mol. The molecule has 19 heavy (non-hydrogen) atoms. The van der Waals surface area contributed by atoms with Crippen LogP contribution >= 0.6 is 24.4 Å². The summed E-state index contributed by atoms with van der Waals surface area (Å²) in [7, 11) is 0. The van der Waals surface area contributed by atoms with Gasteiger partial charge in [0.05, 0.1) is 16.7 Å². The molecule has 2 heterocycles. The molecule has 1 atom stereocenters. The summed E-state index contributed by atoms with van der Waals surface area (Å²) in [5.41, 5.74) is 6.62. The lowest BCUT2D eigenvalue weighted by Gasteiger charge is -2.31. The second-order valence-electron chi connectivity index (χ2n) is 4.75. The van der Waals surface area contributed by atoms with Gasteiger partial charge in [0.25, 0.3) is 0 Å². The Morgan fingerprint density at radius 2 is 2.21 bits per heavy atom. The van der Waals surface area contributed by atoms with E-state index >= 15 is 0 Å². The minimum atomic E-state index is 0.286. The molecule has 100 valence electrons. The first kappa shape index (κ1) is 12.6. The Morgan fingerprint density at radius 1 is 1.42 bits per heavy atom.